The third-order valence-electron chi connectivity index (χ3n) is 2.74. The molecule has 3 N–H and O–H groups in total. The Hall–Kier alpha value is -2.61. The number of carbonyl (C=O) groups excluding carboxylic acids is 2. The predicted octanol–water partition coefficient (Wildman–Crippen LogP) is 3.52. The highest BCUT2D eigenvalue weighted by Crippen LogP contribution is 2.08. The second-order valence-corrected chi connectivity index (χ2v) is 4.96. The van der Waals surface area contributed by atoms with Crippen LogP contribution in [0, 0.1) is 12.8 Å². The van der Waals surface area contributed by atoms with Crippen molar-refractivity contribution in [2.75, 3.05) is 12.8 Å². The van der Waals surface area contributed by atoms with Gasteiger partial charge in [0.25, 0.3) is 0 Å². The first-order valence-electron chi connectivity index (χ1n) is 7.53. The normalized spacial score (nSPS) is 8.20. The molecule has 0 saturated heterocycles. The molecule has 0 aliphatic heterocycles. The van der Waals surface area contributed by atoms with Crippen molar-refractivity contribution in [2.24, 2.45) is 0 Å². The Labute approximate surface area is 155 Å². The first kappa shape index (κ1) is 24.6. The standard InChI is InChI=1S/C8H10ClN.C8H11N.C2H2O2.C2H2/c1-10-6-7-2-4-8(9)5-3-7;1-2-7-3-5-8(9)6-4-7;3-1-2-4;1-2/h2-5,10H,6H2,1H3;3-6H,2,9H2,1H3;1-2H;1-2H. The molecule has 0 unspecified atom stereocenters. The van der Waals surface area contributed by atoms with Gasteiger partial charge in [0.1, 0.15) is 0 Å². The zero-order valence-electron chi connectivity index (χ0n) is 14.6. The van der Waals surface area contributed by atoms with Gasteiger partial charge in [0, 0.05) is 17.3 Å². The molecule has 25 heavy (non-hydrogen) atoms. The summed E-state index contributed by atoms with van der Waals surface area (Å²) in [5.41, 5.74) is 8.91. The second-order valence-electron chi connectivity index (χ2n) is 4.52. The molecule has 0 fully saturated rings. The van der Waals surface area contributed by atoms with Gasteiger partial charge in [-0.2, -0.15) is 0 Å². The molecule has 0 saturated carbocycles. The lowest BCUT2D eigenvalue weighted by Crippen LogP contribution is -2.04. The molecule has 0 aliphatic carbocycles. The number of benzene rings is 2. The average Bonchev–Trinajstić information content (AvgIpc) is 2.67. The summed E-state index contributed by atoms with van der Waals surface area (Å²) in [5.74, 6) is 0. The summed E-state index contributed by atoms with van der Waals surface area (Å²) in [6.07, 6.45) is 9.47. The second kappa shape index (κ2) is 17.7. The van der Waals surface area contributed by atoms with Crippen molar-refractivity contribution >= 4 is 29.9 Å². The summed E-state index contributed by atoms with van der Waals surface area (Å²) < 4.78 is 0. The smallest absolute Gasteiger partial charge is 0.182 e. The highest BCUT2D eigenvalue weighted by Gasteiger charge is 1.88. The number of terminal acetylenes is 1. The zero-order chi connectivity index (χ0) is 19.5. The van der Waals surface area contributed by atoms with Crippen molar-refractivity contribution in [3.63, 3.8) is 0 Å². The number of nitrogens with one attached hydrogen (secondary N) is 1. The van der Waals surface area contributed by atoms with Gasteiger partial charge < -0.3 is 11.1 Å². The van der Waals surface area contributed by atoms with Crippen molar-refractivity contribution in [1.82, 2.24) is 5.32 Å². The Morgan fingerprint density at radius 3 is 1.76 bits per heavy atom. The number of rotatable bonds is 4. The fraction of sp³-hybridized carbons (Fsp3) is 0.200. The molecule has 0 aromatic heterocycles. The van der Waals surface area contributed by atoms with E-state index in [4.69, 9.17) is 26.9 Å². The van der Waals surface area contributed by atoms with Gasteiger partial charge in [0.05, 0.1) is 0 Å². The van der Waals surface area contributed by atoms with Crippen LogP contribution in [0.3, 0.4) is 0 Å². The lowest BCUT2D eigenvalue weighted by Gasteiger charge is -1.97. The Morgan fingerprint density at radius 2 is 1.40 bits per heavy atom. The lowest BCUT2D eigenvalue weighted by molar-refractivity contribution is -0.122. The summed E-state index contributed by atoms with van der Waals surface area (Å²) in [6.45, 7) is 3.03. The van der Waals surface area contributed by atoms with Gasteiger partial charge in [-0.05, 0) is 48.9 Å². The Kier molecular flexibility index (Phi) is 17.5. The maximum atomic E-state index is 8.81. The molecule has 0 bridgehead atoms. The highest BCUT2D eigenvalue weighted by molar-refractivity contribution is 6.30. The number of anilines is 1. The van der Waals surface area contributed by atoms with Gasteiger partial charge in [0.2, 0.25) is 0 Å². The predicted molar refractivity (Wildman–Crippen MR) is 106 cm³/mol. The summed E-state index contributed by atoms with van der Waals surface area (Å²) in [5, 5.41) is 3.85. The number of halogens is 1. The minimum atomic E-state index is 0.194. The van der Waals surface area contributed by atoms with E-state index in [-0.39, 0.29) is 12.6 Å². The van der Waals surface area contributed by atoms with Gasteiger partial charge in [-0.3, -0.25) is 9.59 Å². The molecule has 2 aromatic rings. The molecule has 0 atom stereocenters. The molecule has 2 aromatic carbocycles. The van der Waals surface area contributed by atoms with Crippen LogP contribution < -0.4 is 11.1 Å². The largest absolute Gasteiger partial charge is 0.399 e. The molecular weight excluding hydrogens is 336 g/mol. The average molecular weight is 361 g/mol. The van der Waals surface area contributed by atoms with Crippen LogP contribution in [-0.4, -0.2) is 19.6 Å². The molecular formula is C20H25ClN2O2. The van der Waals surface area contributed by atoms with E-state index in [1.54, 1.807) is 0 Å². The van der Waals surface area contributed by atoms with Gasteiger partial charge in [-0.1, -0.05) is 42.8 Å². The summed E-state index contributed by atoms with van der Waals surface area (Å²) in [6, 6.07) is 15.8. The first-order chi connectivity index (χ1) is 12.1. The fourth-order valence-corrected chi connectivity index (χ4v) is 1.69. The number of hydrogen-bond acceptors (Lipinski definition) is 4. The molecule has 0 aliphatic rings. The van der Waals surface area contributed by atoms with E-state index >= 15 is 0 Å². The van der Waals surface area contributed by atoms with E-state index in [1.807, 2.05) is 43.4 Å². The highest BCUT2D eigenvalue weighted by atomic mass is 35.5. The molecule has 4 nitrogen and oxygen atoms in total. The van der Waals surface area contributed by atoms with Crippen molar-refractivity contribution in [1.29, 1.82) is 0 Å². The lowest BCUT2D eigenvalue weighted by atomic mass is 10.2. The number of aryl methyl sites for hydroxylation is 1. The van der Waals surface area contributed by atoms with Crippen LogP contribution >= 0.6 is 11.6 Å². The van der Waals surface area contributed by atoms with Crippen molar-refractivity contribution in [2.45, 2.75) is 19.9 Å². The molecule has 0 heterocycles. The maximum Gasteiger partial charge on any atom is 0.182 e. The number of aldehydes is 2. The van der Waals surface area contributed by atoms with Crippen LogP contribution in [0.5, 0.6) is 0 Å². The maximum absolute atomic E-state index is 8.81. The minimum absolute atomic E-state index is 0.194. The number of nitrogen functional groups attached to an aromatic ring is 1. The van der Waals surface area contributed by atoms with Crippen LogP contribution in [0.2, 0.25) is 5.02 Å². The van der Waals surface area contributed by atoms with E-state index in [0.29, 0.717) is 0 Å². The summed E-state index contributed by atoms with van der Waals surface area (Å²) in [7, 11) is 1.93. The topological polar surface area (TPSA) is 72.2 Å². The van der Waals surface area contributed by atoms with Crippen molar-refractivity contribution in [3.8, 4) is 12.8 Å². The molecule has 0 spiro atoms. The third kappa shape index (κ3) is 14.7. The van der Waals surface area contributed by atoms with Crippen LogP contribution in [0.1, 0.15) is 18.1 Å². The first-order valence-corrected chi connectivity index (χ1v) is 7.90. The van der Waals surface area contributed by atoms with Crippen LogP contribution in [0.25, 0.3) is 0 Å². The molecule has 2 rings (SSSR count). The SMILES string of the molecule is C#C.CCc1ccc(N)cc1.CNCc1ccc(Cl)cc1.O=CC=O. The van der Waals surface area contributed by atoms with Gasteiger partial charge in [-0.25, -0.2) is 0 Å². The Morgan fingerprint density at radius 1 is 0.960 bits per heavy atom. The quantitative estimate of drug-likeness (QED) is 0.378. The summed E-state index contributed by atoms with van der Waals surface area (Å²) >= 11 is 5.69. The molecule has 0 amide bonds. The van der Waals surface area contributed by atoms with Crippen molar-refractivity contribution in [3.05, 3.63) is 64.7 Å². The monoisotopic (exact) mass is 360 g/mol. The van der Waals surface area contributed by atoms with Crippen LogP contribution in [-0.2, 0) is 22.6 Å². The van der Waals surface area contributed by atoms with E-state index in [0.717, 1.165) is 23.7 Å². The van der Waals surface area contributed by atoms with Crippen molar-refractivity contribution < 1.29 is 9.59 Å². The Bertz CT molecular complexity index is 587. The van der Waals surface area contributed by atoms with Gasteiger partial charge in [0.15, 0.2) is 12.6 Å². The number of nitrogens with two attached hydrogens (primary N) is 1. The molecule has 134 valence electrons. The molecule has 5 heteroatoms. The van der Waals surface area contributed by atoms with E-state index in [2.05, 4.69) is 37.2 Å². The third-order valence-corrected chi connectivity index (χ3v) is 2.99. The Balaban J connectivity index is 0. The summed E-state index contributed by atoms with van der Waals surface area (Å²) in [4.78, 5) is 17.6. The number of hydrogen-bond donors (Lipinski definition) is 2. The fourth-order valence-electron chi connectivity index (χ4n) is 1.56. The molecule has 0 radical (unpaired) electrons. The van der Waals surface area contributed by atoms with E-state index < -0.39 is 0 Å². The zero-order valence-corrected chi connectivity index (χ0v) is 15.4. The number of carbonyl (C=O) groups is 2. The van der Waals surface area contributed by atoms with Crippen LogP contribution in [0.15, 0.2) is 48.5 Å². The minimum Gasteiger partial charge on any atom is -0.399 e. The van der Waals surface area contributed by atoms with Gasteiger partial charge in [-0.15, -0.1) is 12.8 Å². The van der Waals surface area contributed by atoms with E-state index in [1.165, 1.54) is 11.1 Å². The van der Waals surface area contributed by atoms with Crippen LogP contribution in [0.4, 0.5) is 5.69 Å². The van der Waals surface area contributed by atoms with E-state index in [9.17, 15) is 0 Å². The van der Waals surface area contributed by atoms with Gasteiger partial charge >= 0.3 is 0 Å².